The lowest BCUT2D eigenvalue weighted by molar-refractivity contribution is -0.112. The smallest absolute Gasteiger partial charge is 0.266 e. The zero-order chi connectivity index (χ0) is 20.0. The number of nitriles is 1. The molecule has 7 heteroatoms. The van der Waals surface area contributed by atoms with E-state index in [9.17, 15) is 10.1 Å². The van der Waals surface area contributed by atoms with Crippen molar-refractivity contribution in [1.82, 2.24) is 0 Å². The van der Waals surface area contributed by atoms with Crippen molar-refractivity contribution in [2.45, 2.75) is 6.92 Å². The fourth-order valence-corrected chi connectivity index (χ4v) is 4.44. The van der Waals surface area contributed by atoms with Crippen LogP contribution in [0.15, 0.2) is 48.6 Å². The second-order valence-corrected chi connectivity index (χ2v) is 8.23. The highest BCUT2D eigenvalue weighted by Crippen LogP contribution is 2.30. The van der Waals surface area contributed by atoms with E-state index in [1.807, 2.05) is 25.1 Å². The van der Waals surface area contributed by atoms with Gasteiger partial charge >= 0.3 is 0 Å². The Morgan fingerprint density at radius 2 is 2.00 bits per heavy atom. The van der Waals surface area contributed by atoms with Crippen LogP contribution in [-0.4, -0.2) is 12.5 Å². The molecule has 0 bridgehead atoms. The van der Waals surface area contributed by atoms with Crippen LogP contribution < -0.4 is 10.1 Å². The average Bonchev–Trinajstić information content (AvgIpc) is 2.62. The summed E-state index contributed by atoms with van der Waals surface area (Å²) in [5.41, 5.74) is 2.18. The van der Waals surface area contributed by atoms with E-state index in [1.54, 1.807) is 30.4 Å². The van der Waals surface area contributed by atoms with Crippen LogP contribution in [0.2, 0.25) is 5.02 Å². The minimum Gasteiger partial charge on any atom is -0.487 e. The van der Waals surface area contributed by atoms with E-state index in [-0.39, 0.29) is 5.57 Å². The van der Waals surface area contributed by atoms with Gasteiger partial charge in [-0.3, -0.25) is 4.79 Å². The molecule has 0 aliphatic rings. The average molecular weight is 605 g/mol. The molecule has 0 aliphatic carbocycles. The van der Waals surface area contributed by atoms with Crippen LogP contribution in [0.3, 0.4) is 0 Å². The standard InChI is InChI=1S/C20H15ClI2N2O2/c1-3-6-27-19-17(22)8-13(9-18(19)23)7-14(11-24)20(26)25-15-5-4-12(2)16(21)10-15/h3-5,7-10H,1,6H2,2H3,(H,25,26). The number of nitrogens with zero attached hydrogens (tertiary/aromatic N) is 1. The maximum Gasteiger partial charge on any atom is 0.266 e. The molecular formula is C20H15ClI2N2O2. The van der Waals surface area contributed by atoms with E-state index in [1.165, 1.54) is 0 Å². The first kappa shape index (κ1) is 21.7. The molecule has 0 aromatic heterocycles. The second kappa shape index (κ2) is 10.1. The molecular weight excluding hydrogens is 589 g/mol. The van der Waals surface area contributed by atoms with Gasteiger partial charge < -0.3 is 10.1 Å². The Bertz CT molecular complexity index is 942. The van der Waals surface area contributed by atoms with Gasteiger partial charge in [-0.15, -0.1) is 0 Å². The fourth-order valence-electron chi connectivity index (χ4n) is 2.13. The molecule has 0 unspecified atom stereocenters. The molecule has 0 spiro atoms. The number of halogens is 3. The van der Waals surface area contributed by atoms with Crippen molar-refractivity contribution in [2.75, 3.05) is 11.9 Å². The maximum absolute atomic E-state index is 12.4. The summed E-state index contributed by atoms with van der Waals surface area (Å²) in [6, 6.07) is 10.9. The van der Waals surface area contributed by atoms with Crippen molar-refractivity contribution in [3.8, 4) is 11.8 Å². The largest absolute Gasteiger partial charge is 0.487 e. The molecule has 0 atom stereocenters. The zero-order valence-corrected chi connectivity index (χ0v) is 19.4. The number of anilines is 1. The molecule has 0 saturated heterocycles. The van der Waals surface area contributed by atoms with Gasteiger partial charge in [0, 0.05) is 10.7 Å². The molecule has 1 amide bonds. The van der Waals surface area contributed by atoms with Gasteiger partial charge in [-0.05, 0) is 93.6 Å². The third-order valence-corrected chi connectivity index (χ3v) is 5.48. The van der Waals surface area contributed by atoms with Crippen LogP contribution in [-0.2, 0) is 4.79 Å². The Kier molecular flexibility index (Phi) is 8.13. The summed E-state index contributed by atoms with van der Waals surface area (Å²) < 4.78 is 7.41. The number of aryl methyl sites for hydroxylation is 1. The quantitative estimate of drug-likeness (QED) is 0.191. The number of ether oxygens (including phenoxy) is 1. The van der Waals surface area contributed by atoms with Crippen LogP contribution in [0, 0.1) is 25.4 Å². The molecule has 0 fully saturated rings. The lowest BCUT2D eigenvalue weighted by atomic mass is 10.1. The molecule has 4 nitrogen and oxygen atoms in total. The van der Waals surface area contributed by atoms with E-state index in [4.69, 9.17) is 16.3 Å². The van der Waals surface area contributed by atoms with E-state index in [0.717, 1.165) is 24.0 Å². The third-order valence-electron chi connectivity index (χ3n) is 3.47. The van der Waals surface area contributed by atoms with E-state index >= 15 is 0 Å². The number of rotatable bonds is 6. The second-order valence-electron chi connectivity index (χ2n) is 5.50. The van der Waals surface area contributed by atoms with Gasteiger partial charge in [0.1, 0.15) is 24.0 Å². The van der Waals surface area contributed by atoms with Crippen molar-refractivity contribution in [1.29, 1.82) is 5.26 Å². The Morgan fingerprint density at radius 1 is 1.33 bits per heavy atom. The van der Waals surface area contributed by atoms with E-state index < -0.39 is 5.91 Å². The molecule has 0 saturated carbocycles. The van der Waals surface area contributed by atoms with Gasteiger partial charge in [-0.25, -0.2) is 0 Å². The molecule has 138 valence electrons. The van der Waals surface area contributed by atoms with Gasteiger partial charge in [0.25, 0.3) is 5.91 Å². The normalized spacial score (nSPS) is 10.9. The maximum atomic E-state index is 12.4. The summed E-state index contributed by atoms with van der Waals surface area (Å²) in [5.74, 6) is 0.264. The number of nitrogens with one attached hydrogen (secondary N) is 1. The topological polar surface area (TPSA) is 62.1 Å². The van der Waals surface area contributed by atoms with Gasteiger partial charge in [0.05, 0.1) is 7.14 Å². The van der Waals surface area contributed by atoms with E-state index in [0.29, 0.717) is 17.3 Å². The van der Waals surface area contributed by atoms with Gasteiger partial charge in [0.2, 0.25) is 0 Å². The SMILES string of the molecule is C=CCOc1c(I)cc(C=C(C#N)C(=O)Nc2ccc(C)c(Cl)c2)cc1I. The van der Waals surface area contributed by atoms with Gasteiger partial charge in [-0.1, -0.05) is 30.3 Å². The number of carbonyl (C=O) groups excluding carboxylic acids is 1. The molecule has 0 aliphatic heterocycles. The number of carbonyl (C=O) groups is 1. The lowest BCUT2D eigenvalue weighted by Gasteiger charge is -2.10. The molecule has 1 N–H and O–H groups in total. The summed E-state index contributed by atoms with van der Waals surface area (Å²) in [4.78, 5) is 12.4. The fraction of sp³-hybridized carbons (Fsp3) is 0.100. The monoisotopic (exact) mass is 604 g/mol. The van der Waals surface area contributed by atoms with Crippen LogP contribution >= 0.6 is 56.8 Å². The lowest BCUT2D eigenvalue weighted by Crippen LogP contribution is -2.13. The number of benzene rings is 2. The Balaban J connectivity index is 2.26. The van der Waals surface area contributed by atoms with Crippen molar-refractivity contribution in [2.24, 2.45) is 0 Å². The summed E-state index contributed by atoms with van der Waals surface area (Å²) in [6.45, 7) is 5.92. The molecule has 0 heterocycles. The van der Waals surface area contributed by atoms with Crippen LogP contribution in [0.1, 0.15) is 11.1 Å². The first-order chi connectivity index (χ1) is 12.8. The highest BCUT2D eigenvalue weighted by Gasteiger charge is 2.13. The summed E-state index contributed by atoms with van der Waals surface area (Å²) in [5, 5.41) is 12.6. The predicted molar refractivity (Wildman–Crippen MR) is 126 cm³/mol. The summed E-state index contributed by atoms with van der Waals surface area (Å²) >= 11 is 10.4. The first-order valence-corrected chi connectivity index (χ1v) is 10.3. The molecule has 2 aromatic carbocycles. The highest BCUT2D eigenvalue weighted by atomic mass is 127. The molecule has 27 heavy (non-hydrogen) atoms. The Hall–Kier alpha value is -1.57. The summed E-state index contributed by atoms with van der Waals surface area (Å²) in [6.07, 6.45) is 3.22. The van der Waals surface area contributed by atoms with Gasteiger partial charge in [0.15, 0.2) is 0 Å². The van der Waals surface area contributed by atoms with E-state index in [2.05, 4.69) is 57.1 Å². The third kappa shape index (κ3) is 5.96. The van der Waals surface area contributed by atoms with Crippen molar-refractivity contribution >= 4 is 74.5 Å². The number of hydrogen-bond donors (Lipinski definition) is 1. The van der Waals surface area contributed by atoms with Crippen LogP contribution in [0.25, 0.3) is 6.08 Å². The predicted octanol–water partition coefficient (Wildman–Crippen LogP) is 5.97. The van der Waals surface area contributed by atoms with Crippen molar-refractivity contribution in [3.05, 3.63) is 71.8 Å². The zero-order valence-electron chi connectivity index (χ0n) is 14.4. The van der Waals surface area contributed by atoms with Crippen molar-refractivity contribution in [3.63, 3.8) is 0 Å². The number of amides is 1. The number of hydrogen-bond acceptors (Lipinski definition) is 3. The van der Waals surface area contributed by atoms with Crippen molar-refractivity contribution < 1.29 is 9.53 Å². The first-order valence-electron chi connectivity index (χ1n) is 7.77. The van der Waals surface area contributed by atoms with Crippen LogP contribution in [0.5, 0.6) is 5.75 Å². The van der Waals surface area contributed by atoms with Gasteiger partial charge in [-0.2, -0.15) is 5.26 Å². The Labute approximate surface area is 190 Å². The summed E-state index contributed by atoms with van der Waals surface area (Å²) in [7, 11) is 0. The molecule has 0 radical (unpaired) electrons. The Morgan fingerprint density at radius 3 is 2.56 bits per heavy atom. The minimum atomic E-state index is -0.491. The molecule has 2 aromatic rings. The molecule has 2 rings (SSSR count). The minimum absolute atomic E-state index is 0.00180. The highest BCUT2D eigenvalue weighted by molar-refractivity contribution is 14.1. The van der Waals surface area contributed by atoms with Crippen LogP contribution in [0.4, 0.5) is 5.69 Å².